The fourth-order valence-corrected chi connectivity index (χ4v) is 0.809. The summed E-state index contributed by atoms with van der Waals surface area (Å²) < 4.78 is 4.73. The van der Waals surface area contributed by atoms with Crippen LogP contribution in [0.4, 0.5) is 5.69 Å². The van der Waals surface area contributed by atoms with Gasteiger partial charge in [0.05, 0.1) is 18.5 Å². The summed E-state index contributed by atoms with van der Waals surface area (Å²) in [5.41, 5.74) is 6.07. The molecule has 6 heteroatoms. The molecule has 0 saturated heterocycles. The van der Waals surface area contributed by atoms with Crippen molar-refractivity contribution in [1.29, 1.82) is 0 Å². The van der Waals surface area contributed by atoms with E-state index in [2.05, 4.69) is 15.5 Å². The van der Waals surface area contributed by atoms with Gasteiger partial charge in [0.25, 0.3) is 0 Å². The first-order chi connectivity index (χ1) is 6.24. The Kier molecular flexibility index (Phi) is 3.41. The summed E-state index contributed by atoms with van der Waals surface area (Å²) in [6, 6.07) is -0.653. The lowest BCUT2D eigenvalue weighted by Gasteiger charge is -2.09. The molecule has 1 amide bonds. The zero-order valence-electron chi connectivity index (χ0n) is 7.28. The van der Waals surface area contributed by atoms with Crippen LogP contribution in [0.15, 0.2) is 12.4 Å². The molecule has 0 aliphatic rings. The Morgan fingerprint density at radius 3 is 3.23 bits per heavy atom. The minimum atomic E-state index is -0.653. The van der Waals surface area contributed by atoms with Crippen LogP contribution in [0.2, 0.25) is 0 Å². The minimum absolute atomic E-state index is 0.198. The lowest BCUT2D eigenvalue weighted by atomic mass is 10.3. The molecule has 0 aliphatic heterocycles. The van der Waals surface area contributed by atoms with Crippen LogP contribution in [0, 0.1) is 0 Å². The summed E-state index contributed by atoms with van der Waals surface area (Å²) in [6.45, 7) is 0.198. The van der Waals surface area contributed by atoms with E-state index >= 15 is 0 Å². The van der Waals surface area contributed by atoms with Gasteiger partial charge in [-0.25, -0.2) is 0 Å². The summed E-state index contributed by atoms with van der Waals surface area (Å²) in [6.07, 6.45) is 3.06. The number of hydrogen-bond acceptors (Lipinski definition) is 4. The van der Waals surface area contributed by atoms with E-state index in [-0.39, 0.29) is 12.5 Å². The number of H-pyrrole nitrogens is 1. The quantitative estimate of drug-likeness (QED) is 0.578. The molecule has 13 heavy (non-hydrogen) atoms. The number of rotatable bonds is 4. The van der Waals surface area contributed by atoms with E-state index in [0.29, 0.717) is 5.69 Å². The zero-order chi connectivity index (χ0) is 9.68. The number of hydrogen-bond donors (Lipinski definition) is 3. The third kappa shape index (κ3) is 2.85. The number of aromatic nitrogens is 2. The van der Waals surface area contributed by atoms with Crippen LogP contribution in [0.1, 0.15) is 0 Å². The molecule has 1 unspecified atom stereocenters. The number of nitrogens with zero attached hydrogens (tertiary/aromatic N) is 1. The highest BCUT2D eigenvalue weighted by atomic mass is 16.5. The molecule has 1 aromatic heterocycles. The van der Waals surface area contributed by atoms with Gasteiger partial charge in [-0.05, 0) is 0 Å². The lowest BCUT2D eigenvalue weighted by molar-refractivity contribution is -0.118. The molecule has 0 radical (unpaired) electrons. The first kappa shape index (κ1) is 9.69. The van der Waals surface area contributed by atoms with E-state index < -0.39 is 6.04 Å². The predicted molar refractivity (Wildman–Crippen MR) is 47.1 cm³/mol. The van der Waals surface area contributed by atoms with Crippen molar-refractivity contribution >= 4 is 11.6 Å². The first-order valence-corrected chi connectivity index (χ1v) is 3.78. The summed E-state index contributed by atoms with van der Waals surface area (Å²) in [5, 5.41) is 8.81. The van der Waals surface area contributed by atoms with Crippen molar-refractivity contribution in [1.82, 2.24) is 10.2 Å². The molecule has 0 aromatic carbocycles. The monoisotopic (exact) mass is 184 g/mol. The number of aromatic amines is 1. The first-order valence-electron chi connectivity index (χ1n) is 3.78. The van der Waals surface area contributed by atoms with Crippen LogP contribution >= 0.6 is 0 Å². The van der Waals surface area contributed by atoms with E-state index in [1.807, 2.05) is 0 Å². The summed E-state index contributed by atoms with van der Waals surface area (Å²) in [7, 11) is 1.49. The number of amides is 1. The minimum Gasteiger partial charge on any atom is -0.383 e. The second-order valence-corrected chi connectivity index (χ2v) is 2.54. The van der Waals surface area contributed by atoms with Crippen molar-refractivity contribution in [3.05, 3.63) is 12.4 Å². The van der Waals surface area contributed by atoms with Crippen LogP contribution in [0.25, 0.3) is 0 Å². The van der Waals surface area contributed by atoms with Gasteiger partial charge in [0.2, 0.25) is 5.91 Å². The Labute approximate surface area is 75.5 Å². The lowest BCUT2D eigenvalue weighted by Crippen LogP contribution is -2.39. The number of carbonyl (C=O) groups excluding carboxylic acids is 1. The predicted octanol–water partition coefficient (Wildman–Crippen LogP) is -0.678. The third-order valence-corrected chi connectivity index (χ3v) is 1.45. The van der Waals surface area contributed by atoms with Crippen molar-refractivity contribution in [3.8, 4) is 0 Å². The van der Waals surface area contributed by atoms with Crippen molar-refractivity contribution in [2.45, 2.75) is 6.04 Å². The number of methoxy groups -OCH3 is 1. The topological polar surface area (TPSA) is 93.0 Å². The molecule has 1 atom stereocenters. The van der Waals surface area contributed by atoms with Gasteiger partial charge in [-0.2, -0.15) is 5.10 Å². The van der Waals surface area contributed by atoms with Crippen molar-refractivity contribution in [3.63, 3.8) is 0 Å². The van der Waals surface area contributed by atoms with Gasteiger partial charge in [-0.15, -0.1) is 0 Å². The molecular weight excluding hydrogens is 172 g/mol. The number of carbonyl (C=O) groups is 1. The Balaban J connectivity index is 2.41. The molecule has 0 bridgehead atoms. The van der Waals surface area contributed by atoms with Crippen molar-refractivity contribution < 1.29 is 9.53 Å². The molecule has 0 fully saturated rings. The van der Waals surface area contributed by atoms with Gasteiger partial charge in [0.1, 0.15) is 6.04 Å². The zero-order valence-corrected chi connectivity index (χ0v) is 7.28. The van der Waals surface area contributed by atoms with Gasteiger partial charge in [0.15, 0.2) is 0 Å². The number of anilines is 1. The average Bonchev–Trinajstić information content (AvgIpc) is 2.57. The maximum atomic E-state index is 11.2. The van der Waals surface area contributed by atoms with Gasteiger partial charge >= 0.3 is 0 Å². The Bertz CT molecular complexity index is 259. The third-order valence-electron chi connectivity index (χ3n) is 1.45. The van der Waals surface area contributed by atoms with Gasteiger partial charge in [0, 0.05) is 13.3 Å². The van der Waals surface area contributed by atoms with Gasteiger partial charge < -0.3 is 15.8 Å². The Hall–Kier alpha value is -1.40. The van der Waals surface area contributed by atoms with Crippen molar-refractivity contribution in [2.75, 3.05) is 19.0 Å². The van der Waals surface area contributed by atoms with E-state index in [9.17, 15) is 4.79 Å². The fourth-order valence-electron chi connectivity index (χ4n) is 0.809. The fraction of sp³-hybridized carbons (Fsp3) is 0.429. The number of nitrogens with two attached hydrogens (primary N) is 1. The summed E-state index contributed by atoms with van der Waals surface area (Å²) in [5.74, 6) is -0.289. The summed E-state index contributed by atoms with van der Waals surface area (Å²) >= 11 is 0. The molecule has 0 spiro atoms. The largest absolute Gasteiger partial charge is 0.383 e. The van der Waals surface area contributed by atoms with Crippen molar-refractivity contribution in [2.24, 2.45) is 5.73 Å². The molecule has 72 valence electrons. The highest BCUT2D eigenvalue weighted by molar-refractivity contribution is 5.94. The molecular formula is C7H12N4O2. The highest BCUT2D eigenvalue weighted by Gasteiger charge is 2.12. The van der Waals surface area contributed by atoms with Crippen LogP contribution in [0.5, 0.6) is 0 Å². The summed E-state index contributed by atoms with van der Waals surface area (Å²) in [4.78, 5) is 11.2. The van der Waals surface area contributed by atoms with E-state index in [1.165, 1.54) is 13.3 Å². The van der Waals surface area contributed by atoms with Crippen LogP contribution in [0.3, 0.4) is 0 Å². The van der Waals surface area contributed by atoms with Gasteiger partial charge in [-0.3, -0.25) is 9.89 Å². The standard InChI is InChI=1S/C7H12N4O2/c1-13-4-6(8)7(12)11-5-2-9-10-3-5/h2-3,6H,4,8H2,1H3,(H,9,10)(H,11,12). The van der Waals surface area contributed by atoms with E-state index in [1.54, 1.807) is 6.20 Å². The van der Waals surface area contributed by atoms with E-state index in [0.717, 1.165) is 0 Å². The molecule has 6 nitrogen and oxygen atoms in total. The van der Waals surface area contributed by atoms with E-state index in [4.69, 9.17) is 10.5 Å². The second kappa shape index (κ2) is 4.58. The molecule has 4 N–H and O–H groups in total. The maximum Gasteiger partial charge on any atom is 0.243 e. The van der Waals surface area contributed by atoms with Crippen LogP contribution in [-0.4, -0.2) is 35.9 Å². The second-order valence-electron chi connectivity index (χ2n) is 2.54. The molecule has 1 aromatic rings. The van der Waals surface area contributed by atoms with Crippen LogP contribution < -0.4 is 11.1 Å². The highest BCUT2D eigenvalue weighted by Crippen LogP contribution is 2.01. The molecule has 1 rings (SSSR count). The normalized spacial score (nSPS) is 12.5. The smallest absolute Gasteiger partial charge is 0.243 e. The molecule has 0 saturated carbocycles. The average molecular weight is 184 g/mol. The van der Waals surface area contributed by atoms with Gasteiger partial charge in [-0.1, -0.05) is 0 Å². The molecule has 0 aliphatic carbocycles. The number of nitrogens with one attached hydrogen (secondary N) is 2. The van der Waals surface area contributed by atoms with Crippen LogP contribution in [-0.2, 0) is 9.53 Å². The SMILES string of the molecule is COCC(N)C(=O)Nc1cn[nH]c1. The molecule has 1 heterocycles. The Morgan fingerprint density at radius 1 is 1.92 bits per heavy atom. The number of ether oxygens (including phenoxy) is 1. The maximum absolute atomic E-state index is 11.2. The Morgan fingerprint density at radius 2 is 2.69 bits per heavy atom.